The minimum Gasteiger partial charge on any atom is -0.481 e. The van der Waals surface area contributed by atoms with Crippen LogP contribution in [0.2, 0.25) is 0 Å². The number of carboxylic acid groups (broad SMARTS) is 1. The fourth-order valence-electron chi connectivity index (χ4n) is 2.59. The number of aliphatic carboxylic acids is 1. The summed E-state index contributed by atoms with van der Waals surface area (Å²) in [6.45, 7) is 5.95. The Morgan fingerprint density at radius 2 is 2.11 bits per heavy atom. The van der Waals surface area contributed by atoms with Gasteiger partial charge in [-0.05, 0) is 19.8 Å². The fourth-order valence-corrected chi connectivity index (χ4v) is 2.59. The highest BCUT2D eigenvalue weighted by atomic mass is 17.2. The molecule has 0 spiro atoms. The van der Waals surface area contributed by atoms with E-state index in [4.69, 9.17) is 14.9 Å². The predicted molar refractivity (Wildman–Crippen MR) is 94.1 cm³/mol. The van der Waals surface area contributed by atoms with Crippen molar-refractivity contribution in [2.45, 2.75) is 33.2 Å². The molecule has 1 aromatic rings. The van der Waals surface area contributed by atoms with E-state index < -0.39 is 17.8 Å². The van der Waals surface area contributed by atoms with Crippen molar-refractivity contribution in [1.29, 1.82) is 0 Å². The van der Waals surface area contributed by atoms with Gasteiger partial charge >= 0.3 is 5.97 Å². The van der Waals surface area contributed by atoms with E-state index in [-0.39, 0.29) is 18.1 Å². The first-order valence-corrected chi connectivity index (χ1v) is 9.06. The molecule has 150 valence electrons. The lowest BCUT2D eigenvalue weighted by Crippen LogP contribution is -2.40. The third kappa shape index (κ3) is 5.76. The lowest BCUT2D eigenvalue weighted by Gasteiger charge is -2.27. The van der Waals surface area contributed by atoms with E-state index in [0.717, 1.165) is 12.8 Å². The van der Waals surface area contributed by atoms with Gasteiger partial charge in [-0.25, -0.2) is 9.78 Å². The van der Waals surface area contributed by atoms with Gasteiger partial charge in [0, 0.05) is 25.7 Å². The second kappa shape index (κ2) is 10.0. The molecule has 1 unspecified atom stereocenters. The van der Waals surface area contributed by atoms with E-state index in [2.05, 4.69) is 10.4 Å². The van der Waals surface area contributed by atoms with Crippen LogP contribution in [-0.2, 0) is 21.1 Å². The molecule has 10 heteroatoms. The zero-order chi connectivity index (χ0) is 19.8. The molecule has 2 amide bonds. The number of amides is 2. The van der Waals surface area contributed by atoms with Gasteiger partial charge in [-0.3, -0.25) is 19.1 Å². The maximum Gasteiger partial charge on any atom is 0.308 e. The topological polar surface area (TPSA) is 123 Å². The molecule has 0 saturated carbocycles. The summed E-state index contributed by atoms with van der Waals surface area (Å²) in [6.07, 6.45) is 1.56. The van der Waals surface area contributed by atoms with Crippen LogP contribution in [0.25, 0.3) is 0 Å². The third-order valence-corrected chi connectivity index (χ3v) is 4.20. The molecule has 27 heavy (non-hydrogen) atoms. The SMILES string of the molecule is CCOOCCCCN1CCn2nc(C(=O)NCC(C)C(=O)O)cc2C1=O. The van der Waals surface area contributed by atoms with Gasteiger partial charge in [0.15, 0.2) is 5.69 Å². The van der Waals surface area contributed by atoms with E-state index in [1.165, 1.54) is 17.7 Å². The third-order valence-electron chi connectivity index (χ3n) is 4.20. The average molecular weight is 382 g/mol. The van der Waals surface area contributed by atoms with Crippen molar-refractivity contribution in [3.05, 3.63) is 17.5 Å². The molecule has 2 heterocycles. The quantitative estimate of drug-likeness (QED) is 0.325. The molecule has 1 aliphatic heterocycles. The Morgan fingerprint density at radius 1 is 1.33 bits per heavy atom. The average Bonchev–Trinajstić information content (AvgIpc) is 3.09. The molecule has 0 aromatic carbocycles. The van der Waals surface area contributed by atoms with Crippen LogP contribution < -0.4 is 5.32 Å². The van der Waals surface area contributed by atoms with Crippen molar-refractivity contribution in [3.63, 3.8) is 0 Å². The van der Waals surface area contributed by atoms with Gasteiger partial charge in [0.05, 0.1) is 25.7 Å². The van der Waals surface area contributed by atoms with Crippen LogP contribution in [0.5, 0.6) is 0 Å². The molecular formula is C17H26N4O6. The number of rotatable bonds is 11. The maximum atomic E-state index is 12.6. The largest absolute Gasteiger partial charge is 0.481 e. The van der Waals surface area contributed by atoms with Crippen molar-refractivity contribution >= 4 is 17.8 Å². The fraction of sp³-hybridized carbons (Fsp3) is 0.647. The Morgan fingerprint density at radius 3 is 2.81 bits per heavy atom. The molecule has 0 radical (unpaired) electrons. The number of unbranched alkanes of at least 4 members (excludes halogenated alkanes) is 1. The summed E-state index contributed by atoms with van der Waals surface area (Å²) in [5.74, 6) is -2.35. The van der Waals surface area contributed by atoms with Gasteiger partial charge in [-0.2, -0.15) is 5.10 Å². The maximum absolute atomic E-state index is 12.6. The first kappa shape index (κ1) is 20.8. The number of carboxylic acids is 1. The molecule has 0 fully saturated rings. The van der Waals surface area contributed by atoms with Crippen LogP contribution in [0, 0.1) is 5.92 Å². The summed E-state index contributed by atoms with van der Waals surface area (Å²) in [5.41, 5.74) is 0.478. The van der Waals surface area contributed by atoms with Crippen molar-refractivity contribution in [2.75, 3.05) is 32.8 Å². The monoisotopic (exact) mass is 382 g/mol. The minimum absolute atomic E-state index is 0.000246. The number of carbonyl (C=O) groups is 3. The van der Waals surface area contributed by atoms with Crippen molar-refractivity contribution in [1.82, 2.24) is 20.0 Å². The summed E-state index contributed by atoms with van der Waals surface area (Å²) < 4.78 is 1.52. The minimum atomic E-state index is -0.989. The zero-order valence-electron chi connectivity index (χ0n) is 15.6. The van der Waals surface area contributed by atoms with E-state index >= 15 is 0 Å². The molecule has 0 aliphatic carbocycles. The Balaban J connectivity index is 1.86. The first-order valence-electron chi connectivity index (χ1n) is 9.06. The molecular weight excluding hydrogens is 356 g/mol. The number of hydrogen-bond donors (Lipinski definition) is 2. The van der Waals surface area contributed by atoms with Crippen molar-refractivity contribution in [3.8, 4) is 0 Å². The summed E-state index contributed by atoms with van der Waals surface area (Å²) in [6, 6.07) is 1.45. The van der Waals surface area contributed by atoms with Crippen LogP contribution in [0.3, 0.4) is 0 Å². The van der Waals surface area contributed by atoms with Crippen LogP contribution in [0.4, 0.5) is 0 Å². The van der Waals surface area contributed by atoms with Gasteiger partial charge in [-0.1, -0.05) is 6.92 Å². The van der Waals surface area contributed by atoms with E-state index in [0.29, 0.717) is 38.5 Å². The van der Waals surface area contributed by atoms with Crippen molar-refractivity contribution < 1.29 is 29.3 Å². The molecule has 1 atom stereocenters. The van der Waals surface area contributed by atoms with E-state index in [1.807, 2.05) is 6.92 Å². The van der Waals surface area contributed by atoms with Gasteiger partial charge in [0.25, 0.3) is 11.8 Å². The summed E-state index contributed by atoms with van der Waals surface area (Å²) in [7, 11) is 0. The van der Waals surface area contributed by atoms with Gasteiger partial charge in [-0.15, -0.1) is 0 Å². The number of fused-ring (bicyclic) bond motifs is 1. The van der Waals surface area contributed by atoms with Crippen molar-refractivity contribution in [2.24, 2.45) is 5.92 Å². The standard InChI is InChI=1S/C17H26N4O6/c1-3-26-27-9-5-4-6-20-7-8-21-14(16(20)23)10-13(19-21)15(22)18-11-12(2)17(24)25/h10,12H,3-9,11H2,1-2H3,(H,18,22)(H,24,25). The lowest BCUT2D eigenvalue weighted by atomic mass is 10.2. The Bertz CT molecular complexity index is 674. The second-order valence-electron chi connectivity index (χ2n) is 6.32. The number of carbonyl (C=O) groups excluding carboxylic acids is 2. The second-order valence-corrected chi connectivity index (χ2v) is 6.32. The van der Waals surface area contributed by atoms with Gasteiger partial charge < -0.3 is 15.3 Å². The molecule has 0 bridgehead atoms. The highest BCUT2D eigenvalue weighted by molar-refractivity contribution is 5.98. The number of aromatic nitrogens is 2. The molecule has 2 N–H and O–H groups in total. The lowest BCUT2D eigenvalue weighted by molar-refractivity contribution is -0.291. The number of nitrogens with zero attached hydrogens (tertiary/aromatic N) is 3. The molecule has 2 rings (SSSR count). The van der Waals surface area contributed by atoms with Gasteiger partial charge in [0.1, 0.15) is 5.69 Å². The highest BCUT2D eigenvalue weighted by Gasteiger charge is 2.27. The molecule has 0 saturated heterocycles. The normalized spacial score (nSPS) is 14.7. The number of hydrogen-bond acceptors (Lipinski definition) is 6. The van der Waals surface area contributed by atoms with Crippen LogP contribution in [0.15, 0.2) is 6.07 Å². The Labute approximate surface area is 157 Å². The predicted octanol–water partition coefficient (Wildman–Crippen LogP) is 0.538. The van der Waals surface area contributed by atoms with E-state index in [9.17, 15) is 14.4 Å². The highest BCUT2D eigenvalue weighted by Crippen LogP contribution is 2.15. The van der Waals surface area contributed by atoms with E-state index in [1.54, 1.807) is 4.90 Å². The summed E-state index contributed by atoms with van der Waals surface area (Å²) in [5, 5.41) is 15.5. The van der Waals surface area contributed by atoms with Gasteiger partial charge in [0.2, 0.25) is 0 Å². The first-order chi connectivity index (χ1) is 12.9. The van der Waals surface area contributed by atoms with Crippen LogP contribution in [0.1, 0.15) is 47.7 Å². The van der Waals surface area contributed by atoms with Crippen LogP contribution in [-0.4, -0.2) is 70.4 Å². The number of nitrogens with one attached hydrogen (secondary N) is 1. The Kier molecular flexibility index (Phi) is 7.74. The molecule has 1 aliphatic rings. The zero-order valence-corrected chi connectivity index (χ0v) is 15.6. The van der Waals surface area contributed by atoms with Crippen LogP contribution >= 0.6 is 0 Å². The Hall–Kier alpha value is -2.46. The summed E-state index contributed by atoms with van der Waals surface area (Å²) in [4.78, 5) is 47.0. The summed E-state index contributed by atoms with van der Waals surface area (Å²) >= 11 is 0. The molecule has 1 aromatic heterocycles. The smallest absolute Gasteiger partial charge is 0.308 e. The molecule has 10 nitrogen and oxygen atoms in total.